The van der Waals surface area contributed by atoms with Gasteiger partial charge in [0.2, 0.25) is 0 Å². The molecule has 4 aliphatic rings. The number of hydrogen-bond donors (Lipinski definition) is 1. The van der Waals surface area contributed by atoms with Gasteiger partial charge in [-0.2, -0.15) is 5.26 Å². The van der Waals surface area contributed by atoms with Crippen molar-refractivity contribution in [3.63, 3.8) is 0 Å². The summed E-state index contributed by atoms with van der Waals surface area (Å²) < 4.78 is 19.4. The van der Waals surface area contributed by atoms with E-state index in [0.717, 1.165) is 0 Å². The maximum Gasteiger partial charge on any atom is 0.327 e. The molecule has 0 aromatic rings. The Hall–Kier alpha value is -2.26. The van der Waals surface area contributed by atoms with Crippen LogP contribution in [0.1, 0.15) is 169 Å². The largest absolute Gasteiger partial charge is 0.462 e. The van der Waals surface area contributed by atoms with Crippen LogP contribution in [0.2, 0.25) is 0 Å². The highest BCUT2D eigenvalue weighted by molar-refractivity contribution is 5.91. The second-order valence-corrected chi connectivity index (χ2v) is 23.7. The normalized spacial score (nSPS) is 29.3. The number of nitriles is 1. The first-order chi connectivity index (χ1) is 25.5. The molecule has 2 unspecified atom stereocenters. The average Bonchev–Trinajstić information content (AvgIpc) is 2.99. The number of nitrogens with zero attached hydrogens (tertiary/aromatic N) is 4. The smallest absolute Gasteiger partial charge is 0.327 e. The molecule has 326 valence electrons. The number of esters is 3. The van der Waals surface area contributed by atoms with Gasteiger partial charge in [0.25, 0.3) is 0 Å². The summed E-state index contributed by atoms with van der Waals surface area (Å²) in [7, 11) is 6.27. The maximum atomic E-state index is 15.4. The lowest BCUT2D eigenvalue weighted by atomic mass is 9.58. The summed E-state index contributed by atoms with van der Waals surface area (Å²) >= 11 is 0. The van der Waals surface area contributed by atoms with Gasteiger partial charge < -0.3 is 19.5 Å². The van der Waals surface area contributed by atoms with Gasteiger partial charge in [-0.25, -0.2) is 0 Å². The number of carbonyl (C=O) groups is 3. The summed E-state index contributed by atoms with van der Waals surface area (Å²) in [5.74, 6) is -4.16. The predicted molar refractivity (Wildman–Crippen MR) is 225 cm³/mol. The van der Waals surface area contributed by atoms with Gasteiger partial charge in [0.15, 0.2) is 5.41 Å². The predicted octanol–water partition coefficient (Wildman–Crippen LogP) is 7.64. The molecule has 0 radical (unpaired) electrons. The number of ether oxygens (including phenoxy) is 3. The fraction of sp³-hybridized carbons (Fsp3) is 0.913. The Morgan fingerprint density at radius 1 is 0.579 bits per heavy atom. The molecule has 1 N–H and O–H groups in total. The number of piperidine rings is 4. The van der Waals surface area contributed by atoms with Crippen LogP contribution in [0.25, 0.3) is 0 Å². The molecule has 0 saturated carbocycles. The SMILES string of the molecule is CN1C(C)(C)CC(OC(=O)CC(C(=O)OC2CC(C)(C)N(C)C(C)(C)C2)C(C#N)(C(=O)OC2CC(C)(C)N(C)C(C)(C)C2)C2CC(C)(C)NC(C)(C)C2)CC1(C)C. The van der Waals surface area contributed by atoms with Crippen LogP contribution in [0.5, 0.6) is 0 Å². The molecule has 0 aromatic heterocycles. The van der Waals surface area contributed by atoms with E-state index in [0.29, 0.717) is 51.4 Å². The van der Waals surface area contributed by atoms with Crippen molar-refractivity contribution < 1.29 is 28.6 Å². The van der Waals surface area contributed by atoms with Gasteiger partial charge in [0.05, 0.1) is 18.4 Å². The highest BCUT2D eigenvalue weighted by atomic mass is 16.6. The molecule has 0 aromatic carbocycles. The van der Waals surface area contributed by atoms with Gasteiger partial charge in [0.1, 0.15) is 18.3 Å². The molecule has 4 saturated heterocycles. The summed E-state index contributed by atoms with van der Waals surface area (Å²) in [6.07, 6.45) is 2.41. The van der Waals surface area contributed by atoms with Gasteiger partial charge in [-0.05, 0) is 151 Å². The fourth-order valence-electron chi connectivity index (χ4n) is 11.9. The molecule has 11 nitrogen and oxygen atoms in total. The minimum Gasteiger partial charge on any atom is -0.462 e. The second-order valence-electron chi connectivity index (χ2n) is 23.7. The van der Waals surface area contributed by atoms with Gasteiger partial charge in [-0.1, -0.05) is 0 Å². The maximum absolute atomic E-state index is 15.4. The molecule has 0 aliphatic carbocycles. The molecule has 4 heterocycles. The van der Waals surface area contributed by atoms with E-state index in [1.54, 1.807) is 0 Å². The Kier molecular flexibility index (Phi) is 12.8. The summed E-state index contributed by atoms with van der Waals surface area (Å²) in [6.45, 7) is 33.9. The van der Waals surface area contributed by atoms with Crippen molar-refractivity contribution in [1.82, 2.24) is 20.0 Å². The van der Waals surface area contributed by atoms with Crippen LogP contribution >= 0.6 is 0 Å². The number of hydrogen-bond acceptors (Lipinski definition) is 11. The zero-order valence-electron chi connectivity index (χ0n) is 39.5. The number of rotatable bonds is 9. The Morgan fingerprint density at radius 3 is 1.23 bits per heavy atom. The van der Waals surface area contributed by atoms with Crippen LogP contribution in [0.4, 0.5) is 0 Å². The van der Waals surface area contributed by atoms with Crippen molar-refractivity contribution in [1.29, 1.82) is 5.26 Å². The van der Waals surface area contributed by atoms with E-state index in [4.69, 9.17) is 14.2 Å². The van der Waals surface area contributed by atoms with Crippen molar-refractivity contribution in [2.45, 2.75) is 231 Å². The second kappa shape index (κ2) is 15.3. The van der Waals surface area contributed by atoms with Crippen molar-refractivity contribution in [2.24, 2.45) is 17.3 Å². The highest BCUT2D eigenvalue weighted by Gasteiger charge is 2.62. The molecule has 4 aliphatic heterocycles. The Balaban J connectivity index is 1.84. The number of carbonyl (C=O) groups excluding carboxylic acids is 3. The summed E-state index contributed by atoms with van der Waals surface area (Å²) in [6, 6.07) is 2.46. The summed E-state index contributed by atoms with van der Waals surface area (Å²) in [4.78, 5) is 52.0. The topological polar surface area (TPSA) is 124 Å². The van der Waals surface area contributed by atoms with Crippen LogP contribution in [0.3, 0.4) is 0 Å². The Morgan fingerprint density at radius 2 is 0.895 bits per heavy atom. The first-order valence-corrected chi connectivity index (χ1v) is 21.6. The molecule has 11 heteroatoms. The molecule has 0 spiro atoms. The lowest BCUT2D eigenvalue weighted by Crippen LogP contribution is -2.64. The number of likely N-dealkylation sites (tertiary alicyclic amines) is 3. The van der Waals surface area contributed by atoms with Crippen molar-refractivity contribution in [3.05, 3.63) is 0 Å². The highest BCUT2D eigenvalue weighted by Crippen LogP contribution is 2.51. The molecular weight excluding hydrogens is 719 g/mol. The molecule has 2 atom stereocenters. The third kappa shape index (κ3) is 9.87. The van der Waals surface area contributed by atoms with Crippen LogP contribution in [0, 0.1) is 28.6 Å². The van der Waals surface area contributed by atoms with Crippen molar-refractivity contribution in [3.8, 4) is 6.07 Å². The van der Waals surface area contributed by atoms with Crippen LogP contribution < -0.4 is 5.32 Å². The van der Waals surface area contributed by atoms with Gasteiger partial charge in [-0.3, -0.25) is 29.1 Å². The molecule has 0 bridgehead atoms. The quantitative estimate of drug-likeness (QED) is 0.183. The van der Waals surface area contributed by atoms with Crippen molar-refractivity contribution in [2.75, 3.05) is 21.1 Å². The Bertz CT molecular complexity index is 1500. The zero-order chi connectivity index (χ0) is 43.8. The third-order valence-electron chi connectivity index (χ3n) is 15.2. The van der Waals surface area contributed by atoms with Crippen LogP contribution in [-0.4, -0.2) is 116 Å². The van der Waals surface area contributed by atoms with Gasteiger partial charge in [-0.15, -0.1) is 0 Å². The zero-order valence-corrected chi connectivity index (χ0v) is 39.5. The lowest BCUT2D eigenvalue weighted by Gasteiger charge is -2.54. The van der Waals surface area contributed by atoms with Crippen LogP contribution in [-0.2, 0) is 28.6 Å². The van der Waals surface area contributed by atoms with E-state index < -0.39 is 71.0 Å². The van der Waals surface area contributed by atoms with E-state index in [-0.39, 0.29) is 33.2 Å². The first-order valence-electron chi connectivity index (χ1n) is 21.6. The Labute approximate surface area is 346 Å². The first kappa shape index (κ1) is 47.4. The molecule has 0 amide bonds. The minimum absolute atomic E-state index is 0.249. The summed E-state index contributed by atoms with van der Waals surface area (Å²) in [5, 5.41) is 15.4. The van der Waals surface area contributed by atoms with Gasteiger partial charge >= 0.3 is 17.9 Å². The molecule has 57 heavy (non-hydrogen) atoms. The van der Waals surface area contributed by atoms with E-state index in [2.05, 4.69) is 158 Å². The number of nitrogens with one attached hydrogen (secondary N) is 1. The van der Waals surface area contributed by atoms with Gasteiger partial charge in [0, 0.05) is 82.8 Å². The standard InChI is InChI=1S/C46H81N5O6/c1-38(2)21-30(22-39(3,4)48-38)46(29-47,37(54)57-33-27-44(13,14)51(19)45(15,16)28-33)34(36(53)56-32-25-42(9,10)50(18)43(11,12)26-32)20-35(52)55-31-23-40(5,6)49(17)41(7,8)24-31/h30-34,48H,20-28H2,1-19H3. The molecule has 4 fully saturated rings. The lowest BCUT2D eigenvalue weighted by molar-refractivity contribution is -0.189. The fourth-order valence-corrected chi connectivity index (χ4v) is 11.9. The molecular formula is C46H81N5O6. The molecule has 4 rings (SSSR count). The minimum atomic E-state index is -2.04. The van der Waals surface area contributed by atoms with Crippen LogP contribution in [0.15, 0.2) is 0 Å². The van der Waals surface area contributed by atoms with E-state index in [1.807, 2.05) is 0 Å². The van der Waals surface area contributed by atoms with Crippen molar-refractivity contribution >= 4 is 17.9 Å². The van der Waals surface area contributed by atoms with E-state index in [1.165, 1.54) is 0 Å². The monoisotopic (exact) mass is 800 g/mol. The van der Waals surface area contributed by atoms with E-state index >= 15 is 9.59 Å². The third-order valence-corrected chi connectivity index (χ3v) is 15.2. The average molecular weight is 800 g/mol. The van der Waals surface area contributed by atoms with E-state index in [9.17, 15) is 10.1 Å². The summed E-state index contributed by atoms with van der Waals surface area (Å²) in [5.41, 5.74) is -4.70.